The Morgan fingerprint density at radius 1 is 0.743 bits per heavy atom. The predicted molar refractivity (Wildman–Crippen MR) is 137 cm³/mol. The summed E-state index contributed by atoms with van der Waals surface area (Å²) in [5.41, 5.74) is 3.71. The zero-order valence-corrected chi connectivity index (χ0v) is 20.9. The third-order valence-corrected chi connectivity index (χ3v) is 5.68. The van der Waals surface area contributed by atoms with E-state index in [4.69, 9.17) is 9.97 Å². The molecule has 4 nitrogen and oxygen atoms in total. The van der Waals surface area contributed by atoms with E-state index >= 15 is 0 Å². The van der Waals surface area contributed by atoms with Gasteiger partial charge >= 0.3 is 21.1 Å². The Balaban J connectivity index is 0.00000253. The molecule has 0 aliphatic carbocycles. The van der Waals surface area contributed by atoms with Crippen LogP contribution in [0.25, 0.3) is 27.8 Å². The smallest absolute Gasteiger partial charge is 0.436 e. The number of nitrogens with zero attached hydrogens (tertiary/aromatic N) is 4. The van der Waals surface area contributed by atoms with E-state index in [9.17, 15) is 0 Å². The van der Waals surface area contributed by atoms with Crippen molar-refractivity contribution in [3.8, 4) is 17.1 Å². The first kappa shape index (κ1) is 22.8. The van der Waals surface area contributed by atoms with Crippen molar-refractivity contribution in [2.45, 2.75) is 0 Å². The Hall–Kier alpha value is -4.01. The Bertz CT molecular complexity index is 1560. The van der Waals surface area contributed by atoms with Crippen molar-refractivity contribution < 1.29 is 21.1 Å². The van der Waals surface area contributed by atoms with Crippen molar-refractivity contribution in [2.75, 3.05) is 4.90 Å². The van der Waals surface area contributed by atoms with Gasteiger partial charge in [0.15, 0.2) is 0 Å². The van der Waals surface area contributed by atoms with Gasteiger partial charge in [-0.15, -0.1) is 42.1 Å². The minimum absolute atomic E-state index is 0. The van der Waals surface area contributed by atoms with Gasteiger partial charge in [0.25, 0.3) is 0 Å². The van der Waals surface area contributed by atoms with E-state index in [1.165, 1.54) is 0 Å². The Kier molecular flexibility index (Phi) is 6.56. The van der Waals surface area contributed by atoms with Gasteiger partial charge in [-0.25, -0.2) is 0 Å². The maximum absolute atomic E-state index is 4.93. The molecule has 35 heavy (non-hydrogen) atoms. The van der Waals surface area contributed by atoms with E-state index < -0.39 is 0 Å². The van der Waals surface area contributed by atoms with Crippen LogP contribution in [0.3, 0.4) is 0 Å². The van der Waals surface area contributed by atoms with Crippen LogP contribution >= 0.6 is 0 Å². The van der Waals surface area contributed by atoms with Crippen LogP contribution in [0, 0.1) is 12.3 Å². The number of hydrogen-bond acceptors (Lipinski definition) is 3. The molecule has 0 radical (unpaired) electrons. The van der Waals surface area contributed by atoms with E-state index in [1.54, 1.807) is 0 Å². The molecule has 0 aliphatic heterocycles. The second-order valence-corrected chi connectivity index (χ2v) is 7.90. The van der Waals surface area contributed by atoms with Crippen LogP contribution < -0.4 is 4.90 Å². The maximum Gasteiger partial charge on any atom is 2.00 e. The molecule has 3 aromatic carbocycles. The maximum atomic E-state index is 4.93. The standard InChI is InChI=1S/C30H20N4.Pt/c1-2-13-26(14-3-1)34(30-17-9-16-29(32-30)33-18-6-7-19-33)27-15-8-12-24(20-27)28-21-23-10-4-5-11-25(23)22-31-28;/h1-18,21-22H;/q-2;+2. The summed E-state index contributed by atoms with van der Waals surface area (Å²) in [6, 6.07) is 40.1. The van der Waals surface area contributed by atoms with E-state index in [2.05, 4.69) is 47.5 Å². The molecule has 0 saturated carbocycles. The molecule has 0 amide bonds. The Morgan fingerprint density at radius 3 is 2.37 bits per heavy atom. The normalized spacial score (nSPS) is 10.6. The number of para-hydroxylation sites is 1. The third-order valence-electron chi connectivity index (χ3n) is 5.68. The Labute approximate surface area is 218 Å². The van der Waals surface area contributed by atoms with Crippen LogP contribution in [0.4, 0.5) is 17.2 Å². The van der Waals surface area contributed by atoms with E-state index in [0.29, 0.717) is 0 Å². The minimum Gasteiger partial charge on any atom is -0.436 e. The van der Waals surface area contributed by atoms with Crippen LogP contribution in [-0.4, -0.2) is 14.5 Å². The molecule has 5 heteroatoms. The summed E-state index contributed by atoms with van der Waals surface area (Å²) in [6.45, 7) is 0. The molecule has 6 aromatic rings. The summed E-state index contributed by atoms with van der Waals surface area (Å²) in [7, 11) is 0. The number of fused-ring (bicyclic) bond motifs is 1. The molecule has 0 unspecified atom stereocenters. The molecule has 0 bridgehead atoms. The number of pyridine rings is 2. The topological polar surface area (TPSA) is 34.0 Å². The zero-order valence-electron chi connectivity index (χ0n) is 18.7. The third kappa shape index (κ3) is 4.66. The SMILES string of the molecule is [Pt+2].[c-]1c(-c2cc3ccccc3cn2)cccc1N(c1ccccc1)c1cccc(-n2[c-]ccc2)n1. The van der Waals surface area contributed by atoms with Gasteiger partial charge in [0.2, 0.25) is 0 Å². The molecular weight excluding hydrogens is 611 g/mol. The number of rotatable bonds is 5. The fourth-order valence-corrected chi connectivity index (χ4v) is 4.05. The van der Waals surface area contributed by atoms with E-state index in [-0.39, 0.29) is 21.1 Å². The summed E-state index contributed by atoms with van der Waals surface area (Å²) in [6.07, 6.45) is 7.02. The average Bonchev–Trinajstić information content (AvgIpc) is 3.45. The van der Waals surface area contributed by atoms with Crippen LogP contribution in [-0.2, 0) is 21.1 Å². The largest absolute Gasteiger partial charge is 2.00 e. The molecule has 0 atom stereocenters. The predicted octanol–water partition coefficient (Wildman–Crippen LogP) is 7.16. The van der Waals surface area contributed by atoms with Gasteiger partial charge in [0.1, 0.15) is 5.82 Å². The summed E-state index contributed by atoms with van der Waals surface area (Å²) < 4.78 is 1.88. The molecule has 0 saturated heterocycles. The molecule has 0 N–H and O–H groups in total. The van der Waals surface area contributed by atoms with Crippen LogP contribution in [0.15, 0.2) is 122 Å². The van der Waals surface area contributed by atoms with Gasteiger partial charge in [0.05, 0.1) is 5.82 Å². The Morgan fingerprint density at radius 2 is 1.54 bits per heavy atom. The van der Waals surface area contributed by atoms with Crippen molar-refractivity contribution in [1.82, 2.24) is 14.5 Å². The van der Waals surface area contributed by atoms with Crippen molar-refractivity contribution >= 4 is 28.0 Å². The molecule has 3 heterocycles. The second-order valence-electron chi connectivity index (χ2n) is 7.90. The quantitative estimate of drug-likeness (QED) is 0.190. The number of anilines is 3. The molecule has 170 valence electrons. The number of hydrogen-bond donors (Lipinski definition) is 0. The average molecular weight is 632 g/mol. The van der Waals surface area contributed by atoms with Crippen molar-refractivity contribution in [3.05, 3.63) is 134 Å². The van der Waals surface area contributed by atoms with Gasteiger partial charge in [-0.05, 0) is 40.4 Å². The molecular formula is C30H20N4Pt. The van der Waals surface area contributed by atoms with E-state index in [1.807, 2.05) is 95.8 Å². The second kappa shape index (κ2) is 10.1. The summed E-state index contributed by atoms with van der Waals surface area (Å²) in [5, 5.41) is 2.28. The first-order chi connectivity index (χ1) is 16.8. The molecule has 3 aromatic heterocycles. The van der Waals surface area contributed by atoms with Crippen LogP contribution in [0.1, 0.15) is 0 Å². The summed E-state index contributed by atoms with van der Waals surface area (Å²) in [4.78, 5) is 11.7. The molecule has 0 fully saturated rings. The number of aromatic nitrogens is 3. The van der Waals surface area contributed by atoms with Gasteiger partial charge in [-0.3, -0.25) is 4.98 Å². The monoisotopic (exact) mass is 631 g/mol. The van der Waals surface area contributed by atoms with E-state index in [0.717, 1.165) is 45.0 Å². The fourth-order valence-electron chi connectivity index (χ4n) is 4.05. The molecule has 0 spiro atoms. The van der Waals surface area contributed by atoms with Crippen LogP contribution in [0.5, 0.6) is 0 Å². The first-order valence-electron chi connectivity index (χ1n) is 11.1. The van der Waals surface area contributed by atoms with Gasteiger partial charge in [-0.1, -0.05) is 66.9 Å². The summed E-state index contributed by atoms with van der Waals surface area (Å²) in [5.74, 6) is 1.60. The van der Waals surface area contributed by atoms with Crippen molar-refractivity contribution in [1.29, 1.82) is 0 Å². The fraction of sp³-hybridized carbons (Fsp3) is 0. The first-order valence-corrected chi connectivity index (χ1v) is 11.1. The molecule has 6 rings (SSSR count). The number of benzene rings is 3. The van der Waals surface area contributed by atoms with Gasteiger partial charge in [-0.2, -0.15) is 6.07 Å². The van der Waals surface area contributed by atoms with Crippen LogP contribution in [0.2, 0.25) is 0 Å². The summed E-state index contributed by atoms with van der Waals surface area (Å²) >= 11 is 0. The van der Waals surface area contributed by atoms with Gasteiger partial charge < -0.3 is 14.5 Å². The van der Waals surface area contributed by atoms with Gasteiger partial charge in [0, 0.05) is 11.9 Å². The zero-order chi connectivity index (χ0) is 22.7. The van der Waals surface area contributed by atoms with Crippen molar-refractivity contribution in [3.63, 3.8) is 0 Å². The van der Waals surface area contributed by atoms with Crippen molar-refractivity contribution in [2.24, 2.45) is 0 Å². The molecule has 0 aliphatic rings. The minimum atomic E-state index is 0.